The molecule has 0 aliphatic rings. The molecule has 0 aliphatic heterocycles. The van der Waals surface area contributed by atoms with Crippen LogP contribution in [0.1, 0.15) is 21.5 Å². The van der Waals surface area contributed by atoms with Crippen LogP contribution in [0.5, 0.6) is 0 Å². The van der Waals surface area contributed by atoms with Crippen LogP contribution in [0.15, 0.2) is 90.2 Å². The van der Waals surface area contributed by atoms with E-state index in [4.69, 9.17) is 11.6 Å². The van der Waals surface area contributed by atoms with Gasteiger partial charge in [0.15, 0.2) is 0 Å². The molecule has 7 heteroatoms. The van der Waals surface area contributed by atoms with Gasteiger partial charge in [-0.05, 0) is 35.9 Å². The molecule has 0 saturated heterocycles. The quantitative estimate of drug-likeness (QED) is 0.331. The number of hydrogen-bond acceptors (Lipinski definition) is 3. The van der Waals surface area contributed by atoms with E-state index in [1.165, 1.54) is 5.56 Å². The largest absolute Gasteiger partial charge is 0.343 e. The number of nitrogens with one attached hydrogen (secondary N) is 2. The van der Waals surface area contributed by atoms with Gasteiger partial charge in [0.05, 0.1) is 12.8 Å². The summed E-state index contributed by atoms with van der Waals surface area (Å²) >= 11 is 5.82. The first-order valence-electron chi connectivity index (χ1n) is 10.1. The van der Waals surface area contributed by atoms with Crippen molar-refractivity contribution in [1.29, 1.82) is 0 Å². The smallest absolute Gasteiger partial charge is 0.259 e. The first kappa shape index (κ1) is 21.3. The maximum atomic E-state index is 12.1. The lowest BCUT2D eigenvalue weighted by Gasteiger charge is -2.05. The fourth-order valence-electron chi connectivity index (χ4n) is 3.37. The maximum absolute atomic E-state index is 12.1. The van der Waals surface area contributed by atoms with E-state index in [0.29, 0.717) is 10.6 Å². The van der Waals surface area contributed by atoms with Crippen molar-refractivity contribution in [3.8, 4) is 0 Å². The number of aromatic nitrogens is 1. The van der Waals surface area contributed by atoms with Gasteiger partial charge in [0.1, 0.15) is 0 Å². The molecule has 0 radical (unpaired) electrons. The first-order chi connectivity index (χ1) is 15.6. The number of para-hydroxylation sites is 1. The monoisotopic (exact) mass is 444 g/mol. The van der Waals surface area contributed by atoms with E-state index in [0.717, 1.165) is 23.0 Å². The third-order valence-corrected chi connectivity index (χ3v) is 5.18. The molecule has 2 N–H and O–H groups in total. The molecule has 4 rings (SSSR count). The lowest BCUT2D eigenvalue weighted by Crippen LogP contribution is -2.34. The van der Waals surface area contributed by atoms with Crippen molar-refractivity contribution in [2.45, 2.75) is 6.54 Å². The predicted molar refractivity (Wildman–Crippen MR) is 127 cm³/mol. The molecule has 32 heavy (non-hydrogen) atoms. The third kappa shape index (κ3) is 5.22. The van der Waals surface area contributed by atoms with E-state index in [2.05, 4.69) is 38.6 Å². The Hall–Kier alpha value is -3.90. The minimum Gasteiger partial charge on any atom is -0.343 e. The molecule has 0 saturated carbocycles. The zero-order valence-corrected chi connectivity index (χ0v) is 17.9. The van der Waals surface area contributed by atoms with Gasteiger partial charge in [0, 0.05) is 39.8 Å². The standard InChI is InChI=1S/C25H21ClN4O2/c26-21-12-10-19(11-13-21)25(32)27-15-24(31)29-28-14-20-17-30(16-18-6-2-1-3-7-18)23-9-5-4-8-22(20)23/h1-14,17H,15-16H2,(H,27,32)(H,29,31). The Morgan fingerprint density at radius 2 is 1.66 bits per heavy atom. The first-order valence-corrected chi connectivity index (χ1v) is 10.5. The van der Waals surface area contributed by atoms with E-state index < -0.39 is 5.91 Å². The Balaban J connectivity index is 1.38. The summed E-state index contributed by atoms with van der Waals surface area (Å²) in [6.07, 6.45) is 3.62. The zero-order valence-electron chi connectivity index (χ0n) is 17.2. The minimum atomic E-state index is -0.420. The SMILES string of the molecule is O=C(CNC(=O)c1ccc(Cl)cc1)NN=Cc1cn(Cc2ccccc2)c2ccccc12. The molecule has 2 amide bonds. The van der Waals surface area contributed by atoms with Crippen molar-refractivity contribution in [3.05, 3.63) is 107 Å². The number of hydrazone groups is 1. The normalized spacial score (nSPS) is 11.0. The van der Waals surface area contributed by atoms with E-state index in [9.17, 15) is 9.59 Å². The van der Waals surface area contributed by atoms with Gasteiger partial charge in [-0.1, -0.05) is 60.1 Å². The van der Waals surface area contributed by atoms with Gasteiger partial charge in [0.2, 0.25) is 0 Å². The molecule has 0 atom stereocenters. The minimum absolute atomic E-state index is 0.186. The molecule has 1 heterocycles. The molecule has 6 nitrogen and oxygen atoms in total. The van der Waals surface area contributed by atoms with Gasteiger partial charge in [-0.3, -0.25) is 9.59 Å². The van der Waals surface area contributed by atoms with Gasteiger partial charge in [-0.15, -0.1) is 0 Å². The molecule has 3 aromatic carbocycles. The Bertz CT molecular complexity index is 1260. The van der Waals surface area contributed by atoms with Crippen molar-refractivity contribution >= 4 is 40.5 Å². The van der Waals surface area contributed by atoms with Crippen LogP contribution in [0.4, 0.5) is 0 Å². The number of nitrogens with zero attached hydrogens (tertiary/aromatic N) is 2. The highest BCUT2D eigenvalue weighted by molar-refractivity contribution is 6.30. The summed E-state index contributed by atoms with van der Waals surface area (Å²) in [7, 11) is 0. The van der Waals surface area contributed by atoms with Gasteiger partial charge in [-0.2, -0.15) is 5.10 Å². The second kappa shape index (κ2) is 9.94. The zero-order chi connectivity index (χ0) is 22.3. The highest BCUT2D eigenvalue weighted by Gasteiger charge is 2.09. The number of benzene rings is 3. The van der Waals surface area contributed by atoms with Crippen molar-refractivity contribution in [1.82, 2.24) is 15.3 Å². The van der Waals surface area contributed by atoms with Crippen LogP contribution in [0.25, 0.3) is 10.9 Å². The second-order valence-corrected chi connectivity index (χ2v) is 7.63. The summed E-state index contributed by atoms with van der Waals surface area (Å²) < 4.78 is 2.15. The number of carbonyl (C=O) groups is 2. The number of rotatable bonds is 7. The average Bonchev–Trinajstić information content (AvgIpc) is 3.16. The lowest BCUT2D eigenvalue weighted by molar-refractivity contribution is -0.120. The Kier molecular flexibility index (Phi) is 6.63. The maximum Gasteiger partial charge on any atom is 0.259 e. The number of amides is 2. The van der Waals surface area contributed by atoms with Crippen LogP contribution in [0, 0.1) is 0 Å². The van der Waals surface area contributed by atoms with Crippen molar-refractivity contribution in [2.24, 2.45) is 5.10 Å². The van der Waals surface area contributed by atoms with Crippen LogP contribution in [-0.2, 0) is 11.3 Å². The highest BCUT2D eigenvalue weighted by Crippen LogP contribution is 2.21. The summed E-state index contributed by atoms with van der Waals surface area (Å²) in [4.78, 5) is 24.1. The van der Waals surface area contributed by atoms with Crippen LogP contribution in [-0.4, -0.2) is 29.1 Å². The Morgan fingerprint density at radius 3 is 2.44 bits per heavy atom. The Morgan fingerprint density at radius 1 is 0.938 bits per heavy atom. The van der Waals surface area contributed by atoms with Gasteiger partial charge in [-0.25, -0.2) is 5.43 Å². The fourth-order valence-corrected chi connectivity index (χ4v) is 3.49. The molecule has 0 aliphatic carbocycles. The average molecular weight is 445 g/mol. The molecular weight excluding hydrogens is 424 g/mol. The highest BCUT2D eigenvalue weighted by atomic mass is 35.5. The van der Waals surface area contributed by atoms with E-state index in [1.807, 2.05) is 42.6 Å². The number of fused-ring (bicyclic) bond motifs is 1. The number of carbonyl (C=O) groups excluding carboxylic acids is 2. The fraction of sp³-hybridized carbons (Fsp3) is 0.0800. The molecule has 1 aromatic heterocycles. The van der Waals surface area contributed by atoms with E-state index in [1.54, 1.807) is 30.5 Å². The summed E-state index contributed by atoms with van der Waals surface area (Å²) in [5.41, 5.74) is 6.05. The van der Waals surface area contributed by atoms with Crippen LogP contribution in [0.2, 0.25) is 5.02 Å². The molecule has 160 valence electrons. The number of hydrogen-bond donors (Lipinski definition) is 2. The topological polar surface area (TPSA) is 75.5 Å². The van der Waals surface area contributed by atoms with E-state index >= 15 is 0 Å². The summed E-state index contributed by atoms with van der Waals surface area (Å²) in [6, 6.07) is 24.7. The summed E-state index contributed by atoms with van der Waals surface area (Å²) in [5, 5.41) is 8.20. The predicted octanol–water partition coefficient (Wildman–Crippen LogP) is 4.22. The van der Waals surface area contributed by atoms with Gasteiger partial charge >= 0.3 is 0 Å². The van der Waals surface area contributed by atoms with Crippen molar-refractivity contribution in [3.63, 3.8) is 0 Å². The van der Waals surface area contributed by atoms with Crippen molar-refractivity contribution in [2.75, 3.05) is 6.54 Å². The molecule has 0 unspecified atom stereocenters. The van der Waals surface area contributed by atoms with Gasteiger partial charge < -0.3 is 9.88 Å². The van der Waals surface area contributed by atoms with Gasteiger partial charge in [0.25, 0.3) is 11.8 Å². The van der Waals surface area contributed by atoms with Crippen LogP contribution >= 0.6 is 11.6 Å². The molecule has 0 spiro atoms. The van der Waals surface area contributed by atoms with E-state index in [-0.39, 0.29) is 12.5 Å². The van der Waals surface area contributed by atoms with Crippen LogP contribution in [0.3, 0.4) is 0 Å². The van der Waals surface area contributed by atoms with Crippen LogP contribution < -0.4 is 10.7 Å². The molecule has 4 aromatic rings. The third-order valence-electron chi connectivity index (χ3n) is 4.92. The Labute approximate surface area is 190 Å². The molecule has 0 bridgehead atoms. The lowest BCUT2D eigenvalue weighted by atomic mass is 10.2. The summed E-state index contributed by atoms with van der Waals surface area (Å²) in [6.45, 7) is 0.548. The molecule has 0 fully saturated rings. The molecular formula is C25H21ClN4O2. The summed E-state index contributed by atoms with van der Waals surface area (Å²) in [5.74, 6) is -0.777. The van der Waals surface area contributed by atoms with Crippen molar-refractivity contribution < 1.29 is 9.59 Å². The number of halogens is 1. The second-order valence-electron chi connectivity index (χ2n) is 7.20.